The minimum atomic E-state index is -0.588. The first-order valence-corrected chi connectivity index (χ1v) is 15.1. The van der Waals surface area contributed by atoms with Crippen molar-refractivity contribution in [2.24, 2.45) is 0 Å². The quantitative estimate of drug-likeness (QED) is 0.137. The topological polar surface area (TPSA) is 0 Å². The van der Waals surface area contributed by atoms with E-state index in [0.29, 0.717) is 11.1 Å². The van der Waals surface area contributed by atoms with E-state index in [2.05, 4.69) is 36.4 Å². The molecule has 0 saturated heterocycles. The molecule has 0 aliphatic heterocycles. The summed E-state index contributed by atoms with van der Waals surface area (Å²) in [5.74, 6) is -2.35. The van der Waals surface area contributed by atoms with Gasteiger partial charge in [0, 0.05) is 0 Å². The second kappa shape index (κ2) is 8.92. The SMILES string of the molecule is Fc1cccc(F)c1-c1ccc2c(c1)c1cccc3c4cc5c6ccc(-c7c(F)cccc7F)cc6c6cccc(c4cc2c13)c65. The lowest BCUT2D eigenvalue weighted by molar-refractivity contribution is 0.589. The molecular weight excluding hydrogens is 580 g/mol. The summed E-state index contributed by atoms with van der Waals surface area (Å²) in [6, 6.07) is 36.2. The molecular formula is C42H20F4. The van der Waals surface area contributed by atoms with Crippen LogP contribution in [-0.4, -0.2) is 0 Å². The Hall–Kier alpha value is -5.74. The first-order valence-electron chi connectivity index (χ1n) is 15.1. The average Bonchev–Trinajstić information content (AvgIpc) is 3.55. The van der Waals surface area contributed by atoms with Crippen LogP contribution in [0.25, 0.3) is 97.7 Å². The maximum atomic E-state index is 14.8. The van der Waals surface area contributed by atoms with Gasteiger partial charge in [0.05, 0.1) is 11.1 Å². The molecule has 46 heavy (non-hydrogen) atoms. The Morgan fingerprint density at radius 2 is 0.587 bits per heavy atom. The van der Waals surface area contributed by atoms with Gasteiger partial charge in [-0.2, -0.15) is 0 Å². The second-order valence-electron chi connectivity index (χ2n) is 12.1. The highest BCUT2D eigenvalue weighted by Crippen LogP contribution is 2.48. The van der Waals surface area contributed by atoms with Crippen molar-refractivity contribution < 1.29 is 17.6 Å². The Kier molecular flexibility index (Phi) is 4.96. The Labute approximate surface area is 259 Å². The Balaban J connectivity index is 1.30. The van der Waals surface area contributed by atoms with Crippen molar-refractivity contribution >= 4 is 75.4 Å². The van der Waals surface area contributed by atoms with Crippen LogP contribution in [0.15, 0.2) is 121 Å². The fourth-order valence-corrected chi connectivity index (χ4v) is 7.90. The minimum Gasteiger partial charge on any atom is -0.206 e. The summed E-state index contributed by atoms with van der Waals surface area (Å²) >= 11 is 0. The van der Waals surface area contributed by atoms with Crippen LogP contribution in [0.3, 0.4) is 0 Å². The van der Waals surface area contributed by atoms with Gasteiger partial charge in [-0.3, -0.25) is 0 Å². The molecule has 10 aromatic carbocycles. The Bertz CT molecular complexity index is 2660. The van der Waals surface area contributed by atoms with Crippen LogP contribution in [0.2, 0.25) is 0 Å². The largest absolute Gasteiger partial charge is 0.206 e. The van der Waals surface area contributed by atoms with Gasteiger partial charge in [-0.05, 0) is 135 Å². The first-order chi connectivity index (χ1) is 22.5. The van der Waals surface area contributed by atoms with Gasteiger partial charge in [-0.1, -0.05) is 72.8 Å². The number of hydrogen-bond donors (Lipinski definition) is 0. The number of fused-ring (bicyclic) bond motifs is 9. The van der Waals surface area contributed by atoms with Crippen LogP contribution >= 0.6 is 0 Å². The summed E-state index contributed by atoms with van der Waals surface area (Å²) in [6.07, 6.45) is 0. The smallest absolute Gasteiger partial charge is 0.133 e. The van der Waals surface area contributed by atoms with Crippen LogP contribution in [0.5, 0.6) is 0 Å². The summed E-state index contributed by atoms with van der Waals surface area (Å²) in [5.41, 5.74) is 0.954. The van der Waals surface area contributed by atoms with Crippen LogP contribution in [-0.2, 0) is 0 Å². The molecule has 0 spiro atoms. The van der Waals surface area contributed by atoms with E-state index in [-0.39, 0.29) is 11.1 Å². The van der Waals surface area contributed by atoms with Gasteiger partial charge in [0.1, 0.15) is 23.3 Å². The molecule has 0 fully saturated rings. The van der Waals surface area contributed by atoms with Crippen molar-refractivity contribution in [2.75, 3.05) is 0 Å². The molecule has 0 atom stereocenters. The first kappa shape index (κ1) is 25.6. The molecule has 0 amide bonds. The van der Waals surface area contributed by atoms with Gasteiger partial charge in [0.15, 0.2) is 0 Å². The second-order valence-corrected chi connectivity index (χ2v) is 12.1. The molecule has 0 aromatic heterocycles. The monoisotopic (exact) mass is 600 g/mol. The zero-order valence-corrected chi connectivity index (χ0v) is 24.1. The van der Waals surface area contributed by atoms with E-state index in [4.69, 9.17) is 0 Å². The van der Waals surface area contributed by atoms with E-state index in [1.165, 1.54) is 36.4 Å². The predicted octanol–water partition coefficient (Wildman–Crippen LogP) is 12.5. The molecule has 0 N–H and O–H groups in total. The van der Waals surface area contributed by atoms with Crippen LogP contribution in [0.4, 0.5) is 17.6 Å². The van der Waals surface area contributed by atoms with Crippen LogP contribution in [0, 0.1) is 23.3 Å². The third-order valence-electron chi connectivity index (χ3n) is 9.82. The minimum absolute atomic E-state index is 0.0246. The molecule has 0 aliphatic rings. The van der Waals surface area contributed by atoms with Crippen molar-refractivity contribution in [3.05, 3.63) is 145 Å². The van der Waals surface area contributed by atoms with Crippen molar-refractivity contribution in [1.82, 2.24) is 0 Å². The highest BCUT2D eigenvalue weighted by atomic mass is 19.1. The number of halogens is 4. The van der Waals surface area contributed by atoms with Gasteiger partial charge in [-0.15, -0.1) is 0 Å². The summed E-state index contributed by atoms with van der Waals surface area (Å²) < 4.78 is 59.1. The number of rotatable bonds is 2. The summed E-state index contributed by atoms with van der Waals surface area (Å²) in [5, 5.41) is 14.8. The van der Waals surface area contributed by atoms with Gasteiger partial charge in [-0.25, -0.2) is 17.6 Å². The van der Waals surface area contributed by atoms with Crippen molar-refractivity contribution in [2.45, 2.75) is 0 Å². The van der Waals surface area contributed by atoms with E-state index in [1.807, 2.05) is 36.4 Å². The van der Waals surface area contributed by atoms with Crippen molar-refractivity contribution in [3.63, 3.8) is 0 Å². The van der Waals surface area contributed by atoms with E-state index >= 15 is 0 Å². The molecule has 0 saturated carbocycles. The van der Waals surface area contributed by atoms with Crippen molar-refractivity contribution in [1.29, 1.82) is 0 Å². The van der Waals surface area contributed by atoms with E-state index < -0.39 is 23.3 Å². The molecule has 0 aliphatic carbocycles. The third kappa shape index (κ3) is 3.23. The molecule has 0 bridgehead atoms. The van der Waals surface area contributed by atoms with Crippen LogP contribution < -0.4 is 0 Å². The van der Waals surface area contributed by atoms with Gasteiger partial charge in [0.25, 0.3) is 0 Å². The molecule has 10 aromatic rings. The zero-order valence-electron chi connectivity index (χ0n) is 24.1. The highest BCUT2D eigenvalue weighted by Gasteiger charge is 2.21. The Morgan fingerprint density at radius 1 is 0.261 bits per heavy atom. The fraction of sp³-hybridized carbons (Fsp3) is 0. The zero-order chi connectivity index (χ0) is 30.8. The van der Waals surface area contributed by atoms with E-state index in [1.54, 1.807) is 12.1 Å². The molecule has 0 nitrogen and oxygen atoms in total. The lowest BCUT2D eigenvalue weighted by atomic mass is 9.93. The summed E-state index contributed by atoms with van der Waals surface area (Å²) in [7, 11) is 0. The van der Waals surface area contributed by atoms with Gasteiger partial charge < -0.3 is 0 Å². The normalized spacial score (nSPS) is 12.3. The van der Waals surface area contributed by atoms with Gasteiger partial charge >= 0.3 is 0 Å². The maximum absolute atomic E-state index is 14.8. The van der Waals surface area contributed by atoms with E-state index in [9.17, 15) is 17.6 Å². The standard InChI is InChI=1S/C42H20F4/c43-35-9-3-10-36(44)39(35)21-13-15-23-29(17-21)25-5-1-7-27-31-19-34-24-16-14-22(40-37(45)11-4-12-38(40)46)18-30(24)26-6-2-8-28(42(26)34)32(31)20-33(23)41(25)27/h1-20H. The molecule has 4 heteroatoms. The number of hydrogen-bond acceptors (Lipinski definition) is 0. The predicted molar refractivity (Wildman–Crippen MR) is 182 cm³/mol. The third-order valence-corrected chi connectivity index (χ3v) is 9.82. The molecule has 216 valence electrons. The van der Waals surface area contributed by atoms with Crippen molar-refractivity contribution in [3.8, 4) is 22.3 Å². The highest BCUT2D eigenvalue weighted by molar-refractivity contribution is 6.41. The average molecular weight is 601 g/mol. The Morgan fingerprint density at radius 3 is 0.957 bits per heavy atom. The summed E-state index contributed by atoms with van der Waals surface area (Å²) in [6.45, 7) is 0. The fourth-order valence-electron chi connectivity index (χ4n) is 7.90. The lowest BCUT2D eigenvalue weighted by Crippen LogP contribution is -1.89. The molecule has 0 heterocycles. The maximum Gasteiger partial charge on any atom is 0.133 e. The summed E-state index contributed by atoms with van der Waals surface area (Å²) in [4.78, 5) is 0. The molecule has 0 radical (unpaired) electrons. The number of benzene rings is 8. The molecule has 0 unspecified atom stereocenters. The van der Waals surface area contributed by atoms with E-state index in [0.717, 1.165) is 75.4 Å². The van der Waals surface area contributed by atoms with Gasteiger partial charge in [0.2, 0.25) is 0 Å². The van der Waals surface area contributed by atoms with Crippen LogP contribution in [0.1, 0.15) is 0 Å². The molecule has 10 rings (SSSR count). The lowest BCUT2D eigenvalue weighted by Gasteiger charge is -2.10.